The molecule has 10 atom stereocenters. The second-order valence-electron chi connectivity index (χ2n) is 15.0. The number of likely N-dealkylation sites (N-methyl/N-ethyl adjacent to an activating group) is 1. The SMILES string of the molecule is C=CCCC(=O)N(C)[C@H](C)[C@H](OC(=O)[C@H]1[C@@H]2O[C@@]3(CC2Br)[C@@H]1C(=O)N([C@@H](CO)[C@@H](C)CC)[C@@H]3C(=O)N(CC=C)C1CCCCC1)c1ccccc1. The Labute approximate surface area is 311 Å². The molecule has 2 bridgehead atoms. The molecule has 0 radical (unpaired) electrons. The van der Waals surface area contributed by atoms with Crippen LogP contribution in [0.5, 0.6) is 0 Å². The van der Waals surface area contributed by atoms with E-state index in [-0.39, 0.29) is 47.5 Å². The van der Waals surface area contributed by atoms with E-state index in [2.05, 4.69) is 29.1 Å². The zero-order valence-electron chi connectivity index (χ0n) is 30.6. The number of esters is 1. The molecule has 0 aromatic heterocycles. The molecule has 280 valence electrons. The number of carbonyl (C=O) groups excluding carboxylic acids is 4. The molecule has 1 aromatic rings. The van der Waals surface area contributed by atoms with Crippen molar-refractivity contribution in [2.24, 2.45) is 17.8 Å². The van der Waals surface area contributed by atoms with Gasteiger partial charge >= 0.3 is 5.97 Å². The molecule has 3 heterocycles. The average molecular weight is 771 g/mol. The largest absolute Gasteiger partial charge is 0.455 e. The van der Waals surface area contributed by atoms with Gasteiger partial charge in [0.25, 0.3) is 0 Å². The number of fused-ring (bicyclic) bond motifs is 1. The predicted molar refractivity (Wildman–Crippen MR) is 199 cm³/mol. The van der Waals surface area contributed by atoms with Crippen molar-refractivity contribution in [3.63, 3.8) is 0 Å². The van der Waals surface area contributed by atoms with Crippen LogP contribution < -0.4 is 0 Å². The monoisotopic (exact) mass is 769 g/mol. The number of aliphatic hydroxyl groups is 1. The van der Waals surface area contributed by atoms with E-state index in [1.807, 2.05) is 56.0 Å². The molecule has 1 aliphatic carbocycles. The highest BCUT2D eigenvalue weighted by atomic mass is 79.9. The van der Waals surface area contributed by atoms with E-state index in [1.165, 1.54) is 0 Å². The maximum Gasteiger partial charge on any atom is 0.313 e. The number of amides is 3. The minimum absolute atomic E-state index is 0.00579. The van der Waals surface area contributed by atoms with Gasteiger partial charge < -0.3 is 29.3 Å². The molecule has 1 saturated carbocycles. The van der Waals surface area contributed by atoms with Crippen molar-refractivity contribution >= 4 is 39.6 Å². The summed E-state index contributed by atoms with van der Waals surface area (Å²) in [5.74, 6) is -3.39. The first-order chi connectivity index (χ1) is 24.5. The Kier molecular flexibility index (Phi) is 12.9. The number of carbonyl (C=O) groups is 4. The predicted octanol–water partition coefficient (Wildman–Crippen LogP) is 5.59. The number of nitrogens with zero attached hydrogens (tertiary/aromatic N) is 3. The fourth-order valence-corrected chi connectivity index (χ4v) is 9.96. The number of hydrogen-bond acceptors (Lipinski definition) is 7. The summed E-state index contributed by atoms with van der Waals surface area (Å²) in [6.07, 6.45) is 8.62. The molecule has 10 nitrogen and oxygen atoms in total. The van der Waals surface area contributed by atoms with Crippen LogP contribution in [0.2, 0.25) is 0 Å². The van der Waals surface area contributed by atoms with Crippen molar-refractivity contribution in [2.75, 3.05) is 20.2 Å². The molecule has 1 N–H and O–H groups in total. The first kappa shape index (κ1) is 39.2. The van der Waals surface area contributed by atoms with Crippen molar-refractivity contribution in [1.82, 2.24) is 14.7 Å². The second-order valence-corrected chi connectivity index (χ2v) is 16.1. The van der Waals surface area contributed by atoms with Gasteiger partial charge in [-0.2, -0.15) is 0 Å². The molecule has 5 rings (SSSR count). The number of ether oxygens (including phenoxy) is 2. The molecule has 3 saturated heterocycles. The minimum atomic E-state index is -1.29. The van der Waals surface area contributed by atoms with Crippen LogP contribution in [0.1, 0.15) is 90.2 Å². The maximum atomic E-state index is 15.0. The number of rotatable bonds is 16. The smallest absolute Gasteiger partial charge is 0.313 e. The van der Waals surface area contributed by atoms with Crippen LogP contribution in [0.4, 0.5) is 0 Å². The highest BCUT2D eigenvalue weighted by Crippen LogP contribution is 2.61. The normalized spacial score (nSPS) is 29.5. The number of aliphatic hydroxyl groups excluding tert-OH is 1. The van der Waals surface area contributed by atoms with E-state index in [1.54, 1.807) is 29.0 Å². The Morgan fingerprint density at radius 3 is 2.43 bits per heavy atom. The third-order valence-corrected chi connectivity index (χ3v) is 12.9. The molecule has 4 fully saturated rings. The lowest BCUT2D eigenvalue weighted by Gasteiger charge is -2.43. The van der Waals surface area contributed by atoms with Crippen molar-refractivity contribution in [1.29, 1.82) is 0 Å². The molecular formula is C40H56BrN3O7. The van der Waals surface area contributed by atoms with E-state index in [9.17, 15) is 19.5 Å². The Morgan fingerprint density at radius 2 is 1.82 bits per heavy atom. The van der Waals surface area contributed by atoms with Crippen molar-refractivity contribution < 1.29 is 33.8 Å². The lowest BCUT2D eigenvalue weighted by Crippen LogP contribution is -2.61. The van der Waals surface area contributed by atoms with Gasteiger partial charge in [-0.1, -0.05) is 97.9 Å². The van der Waals surface area contributed by atoms with Gasteiger partial charge in [-0.3, -0.25) is 19.2 Å². The van der Waals surface area contributed by atoms with Crippen LogP contribution in [0, 0.1) is 17.8 Å². The lowest BCUT2D eigenvalue weighted by atomic mass is 9.70. The molecule has 11 heteroatoms. The molecule has 3 aliphatic heterocycles. The number of likely N-dealkylation sites (tertiary alicyclic amines) is 1. The summed E-state index contributed by atoms with van der Waals surface area (Å²) < 4.78 is 13.2. The Bertz CT molecular complexity index is 1440. The average Bonchev–Trinajstić information content (AvgIpc) is 3.75. The summed E-state index contributed by atoms with van der Waals surface area (Å²) in [5.41, 5.74) is -0.579. The van der Waals surface area contributed by atoms with Crippen LogP contribution in [0.3, 0.4) is 0 Å². The third-order valence-electron chi connectivity index (χ3n) is 12.1. The van der Waals surface area contributed by atoms with Crippen LogP contribution in [-0.2, 0) is 28.7 Å². The van der Waals surface area contributed by atoms with Crippen LogP contribution in [-0.4, -0.2) is 104 Å². The number of halogens is 1. The summed E-state index contributed by atoms with van der Waals surface area (Å²) in [5, 5.41) is 10.8. The molecular weight excluding hydrogens is 714 g/mol. The van der Waals surface area contributed by atoms with Gasteiger partial charge in [0.15, 0.2) is 0 Å². The van der Waals surface area contributed by atoms with Gasteiger partial charge in [0.1, 0.15) is 17.7 Å². The quantitative estimate of drug-likeness (QED) is 0.133. The molecule has 1 spiro atoms. The highest BCUT2D eigenvalue weighted by molar-refractivity contribution is 9.09. The molecule has 51 heavy (non-hydrogen) atoms. The first-order valence-electron chi connectivity index (χ1n) is 18.8. The van der Waals surface area contributed by atoms with E-state index in [0.29, 0.717) is 31.4 Å². The van der Waals surface area contributed by atoms with Crippen molar-refractivity contribution in [2.45, 2.75) is 125 Å². The van der Waals surface area contributed by atoms with Crippen LogP contribution in [0.25, 0.3) is 0 Å². The number of benzene rings is 1. The summed E-state index contributed by atoms with van der Waals surface area (Å²) in [7, 11) is 1.70. The first-order valence-corrected chi connectivity index (χ1v) is 19.7. The maximum absolute atomic E-state index is 15.0. The standard InChI is InChI=1S/C40H56BrN3O7/c1-7-10-21-31(46)42(6)26(5)34(27-17-13-11-14-18-27)50-39(49)32-33-37(47)44(30(24-45)25(4)9-3)36(40(33)23-29(41)35(32)51-40)38(48)43(22-8-2)28-19-15-12-16-20-28/h7-8,11,13-14,17-18,25-26,28-30,32-36,45H,1-2,9-10,12,15-16,19-24H2,3-6H3/t25-,26+,29?,30-,32+,33-,34-,35+,36+,40-/m0/s1. The zero-order valence-corrected chi connectivity index (χ0v) is 32.2. The molecule has 4 aliphatic rings. The van der Waals surface area contributed by atoms with E-state index in [0.717, 1.165) is 32.1 Å². The zero-order chi connectivity index (χ0) is 37.0. The second kappa shape index (κ2) is 16.8. The highest BCUT2D eigenvalue weighted by Gasteiger charge is 2.78. The van der Waals surface area contributed by atoms with Crippen molar-refractivity contribution in [3.8, 4) is 0 Å². The minimum Gasteiger partial charge on any atom is -0.455 e. The fraction of sp³-hybridized carbons (Fsp3) is 0.650. The van der Waals surface area contributed by atoms with Gasteiger partial charge in [-0.15, -0.1) is 13.2 Å². The van der Waals surface area contributed by atoms with E-state index >= 15 is 4.79 Å². The molecule has 3 amide bonds. The summed E-state index contributed by atoms with van der Waals surface area (Å²) >= 11 is 3.79. The number of allylic oxidation sites excluding steroid dienone is 1. The van der Waals surface area contributed by atoms with E-state index < -0.39 is 53.7 Å². The van der Waals surface area contributed by atoms with Gasteiger partial charge in [-0.05, 0) is 44.1 Å². The lowest BCUT2D eigenvalue weighted by molar-refractivity contribution is -0.165. The summed E-state index contributed by atoms with van der Waals surface area (Å²) in [4.78, 5) is 62.4. The third kappa shape index (κ3) is 7.32. The van der Waals surface area contributed by atoms with Gasteiger partial charge in [0.2, 0.25) is 17.7 Å². The topological polar surface area (TPSA) is 117 Å². The van der Waals surface area contributed by atoms with Gasteiger partial charge in [0, 0.05) is 30.9 Å². The Morgan fingerprint density at radius 1 is 1.14 bits per heavy atom. The van der Waals surface area contributed by atoms with Gasteiger partial charge in [-0.25, -0.2) is 0 Å². The summed E-state index contributed by atoms with van der Waals surface area (Å²) in [6, 6.07) is 7.10. The molecule has 1 unspecified atom stereocenters. The number of hydrogen-bond donors (Lipinski definition) is 1. The van der Waals surface area contributed by atoms with Crippen LogP contribution in [0.15, 0.2) is 55.6 Å². The number of alkyl halides is 1. The fourth-order valence-electron chi connectivity index (χ4n) is 9.02. The van der Waals surface area contributed by atoms with Gasteiger partial charge in [0.05, 0.1) is 36.6 Å². The molecule has 1 aromatic carbocycles. The van der Waals surface area contributed by atoms with E-state index in [4.69, 9.17) is 9.47 Å². The summed E-state index contributed by atoms with van der Waals surface area (Å²) in [6.45, 7) is 13.5. The van der Waals surface area contributed by atoms with Crippen LogP contribution >= 0.6 is 15.9 Å². The van der Waals surface area contributed by atoms with Crippen molar-refractivity contribution in [3.05, 3.63) is 61.2 Å². The Hall–Kier alpha value is -3.02. The Balaban J connectivity index is 1.54.